The molecule has 27 heavy (non-hydrogen) atoms. The number of hydrogen-bond acceptors (Lipinski definition) is 4. The van der Waals surface area contributed by atoms with Gasteiger partial charge < -0.3 is 4.90 Å². The van der Waals surface area contributed by atoms with Crippen LogP contribution in [0, 0.1) is 0 Å². The molecule has 4 rings (SSSR count). The first-order valence-electron chi connectivity index (χ1n) is 8.19. The Morgan fingerprint density at radius 3 is 2.85 bits per heavy atom. The molecule has 4 nitrogen and oxygen atoms in total. The summed E-state index contributed by atoms with van der Waals surface area (Å²) in [6.45, 7) is 0. The molecule has 0 radical (unpaired) electrons. The second-order valence-corrected chi connectivity index (χ2v) is 7.60. The van der Waals surface area contributed by atoms with Crippen molar-refractivity contribution in [2.45, 2.75) is 22.4 Å². The molecule has 2 aliphatic rings. The van der Waals surface area contributed by atoms with Crippen molar-refractivity contribution in [3.8, 4) is 0 Å². The van der Waals surface area contributed by atoms with E-state index in [2.05, 4.69) is 15.2 Å². The Balaban J connectivity index is 1.63. The van der Waals surface area contributed by atoms with Crippen molar-refractivity contribution in [2.75, 3.05) is 7.05 Å². The standard InChI is InChI=1S/C19H15ClF2N4S/c1-26-14-5-3-12(8-11(14)2-6-15(26)19(21)22)18-16(10-24-25-18)27-17-7-4-13(20)9-23-17/h2-10,14,19H,1H3,(H,24,25). The SMILES string of the molecule is CN1C(C(F)F)=CC=C2C=C(c3[nH]ncc3Sc3ccc(Cl)cn3)C=CC21. The number of alkyl halides is 2. The van der Waals surface area contributed by atoms with E-state index < -0.39 is 6.43 Å². The number of rotatable bonds is 4. The number of aromatic amines is 1. The highest BCUT2D eigenvalue weighted by atomic mass is 35.5. The van der Waals surface area contributed by atoms with E-state index in [0.29, 0.717) is 5.02 Å². The van der Waals surface area contributed by atoms with Crippen molar-refractivity contribution in [1.82, 2.24) is 20.1 Å². The van der Waals surface area contributed by atoms with E-state index in [4.69, 9.17) is 11.6 Å². The lowest BCUT2D eigenvalue weighted by molar-refractivity contribution is 0.143. The van der Waals surface area contributed by atoms with E-state index in [1.54, 1.807) is 36.5 Å². The Hall–Kier alpha value is -2.38. The third-order valence-corrected chi connectivity index (χ3v) is 5.63. The molecule has 8 heteroatoms. The summed E-state index contributed by atoms with van der Waals surface area (Å²) in [6.07, 6.45) is 9.92. The van der Waals surface area contributed by atoms with E-state index >= 15 is 0 Å². The van der Waals surface area contributed by atoms with Gasteiger partial charge >= 0.3 is 0 Å². The Bertz CT molecular complexity index is 976. The van der Waals surface area contributed by atoms with Gasteiger partial charge in [-0.25, -0.2) is 13.8 Å². The van der Waals surface area contributed by atoms with Gasteiger partial charge in [-0.3, -0.25) is 5.10 Å². The summed E-state index contributed by atoms with van der Waals surface area (Å²) in [4.78, 5) is 6.82. The average Bonchev–Trinajstić information content (AvgIpc) is 3.11. The Morgan fingerprint density at radius 1 is 1.26 bits per heavy atom. The van der Waals surface area contributed by atoms with Crippen molar-refractivity contribution >= 4 is 28.9 Å². The molecule has 2 aromatic rings. The highest BCUT2D eigenvalue weighted by Gasteiger charge is 2.28. The summed E-state index contributed by atoms with van der Waals surface area (Å²) < 4.78 is 26.2. The molecule has 1 aliphatic carbocycles. The first-order chi connectivity index (χ1) is 13.0. The molecule has 0 amide bonds. The van der Waals surface area contributed by atoms with Gasteiger partial charge in [-0.2, -0.15) is 5.10 Å². The fourth-order valence-corrected chi connectivity index (χ4v) is 4.00. The molecular weight excluding hydrogens is 390 g/mol. The quantitative estimate of drug-likeness (QED) is 0.782. The van der Waals surface area contributed by atoms with Gasteiger partial charge in [0.2, 0.25) is 0 Å². The summed E-state index contributed by atoms with van der Waals surface area (Å²) >= 11 is 7.36. The van der Waals surface area contributed by atoms with Gasteiger partial charge in [0.15, 0.2) is 0 Å². The number of allylic oxidation sites excluding steroid dienone is 5. The zero-order valence-corrected chi connectivity index (χ0v) is 15.8. The molecule has 1 unspecified atom stereocenters. The predicted octanol–water partition coefficient (Wildman–Crippen LogP) is 4.95. The van der Waals surface area contributed by atoms with E-state index in [1.165, 1.54) is 17.8 Å². The van der Waals surface area contributed by atoms with Crippen LogP contribution < -0.4 is 0 Å². The molecule has 0 aromatic carbocycles. The minimum absolute atomic E-state index is 0.0249. The first-order valence-corrected chi connectivity index (χ1v) is 9.38. The van der Waals surface area contributed by atoms with Crippen LogP contribution in [0.1, 0.15) is 5.69 Å². The summed E-state index contributed by atoms with van der Waals surface area (Å²) in [5.74, 6) is 0. The maximum absolute atomic E-state index is 13.1. The third-order valence-electron chi connectivity index (χ3n) is 4.42. The lowest BCUT2D eigenvalue weighted by Gasteiger charge is -2.35. The van der Waals surface area contributed by atoms with Crippen LogP contribution in [-0.2, 0) is 0 Å². The lowest BCUT2D eigenvalue weighted by atomic mass is 9.92. The molecule has 0 saturated heterocycles. The Labute approximate surface area is 164 Å². The van der Waals surface area contributed by atoms with Crippen LogP contribution in [0.25, 0.3) is 5.57 Å². The van der Waals surface area contributed by atoms with Crippen molar-refractivity contribution < 1.29 is 8.78 Å². The highest BCUT2D eigenvalue weighted by Crippen LogP contribution is 2.36. The summed E-state index contributed by atoms with van der Waals surface area (Å²) in [5, 5.41) is 8.56. The minimum Gasteiger partial charge on any atom is -0.363 e. The van der Waals surface area contributed by atoms with E-state index in [9.17, 15) is 8.78 Å². The average molecular weight is 405 g/mol. The summed E-state index contributed by atoms with van der Waals surface area (Å²) in [6, 6.07) is 3.44. The molecule has 138 valence electrons. The predicted molar refractivity (Wildman–Crippen MR) is 103 cm³/mol. The van der Waals surface area contributed by atoms with Gasteiger partial charge in [-0.15, -0.1) is 0 Å². The number of nitrogens with one attached hydrogen (secondary N) is 1. The maximum Gasteiger partial charge on any atom is 0.278 e. The number of aromatic nitrogens is 3. The lowest BCUT2D eigenvalue weighted by Crippen LogP contribution is -2.36. The van der Waals surface area contributed by atoms with Crippen LogP contribution in [0.5, 0.6) is 0 Å². The Kier molecular flexibility index (Phi) is 4.88. The molecule has 0 fully saturated rings. The first kappa shape index (κ1) is 18.0. The van der Waals surface area contributed by atoms with Crippen LogP contribution in [-0.4, -0.2) is 39.6 Å². The molecule has 3 heterocycles. The van der Waals surface area contributed by atoms with E-state index in [1.807, 2.05) is 24.3 Å². The van der Waals surface area contributed by atoms with E-state index in [0.717, 1.165) is 26.8 Å². The molecule has 0 saturated carbocycles. The second kappa shape index (κ2) is 7.32. The van der Waals surface area contributed by atoms with Crippen LogP contribution in [0.15, 0.2) is 76.1 Å². The highest BCUT2D eigenvalue weighted by molar-refractivity contribution is 7.99. The summed E-state index contributed by atoms with van der Waals surface area (Å²) in [7, 11) is 1.68. The smallest absolute Gasteiger partial charge is 0.278 e. The molecule has 0 bridgehead atoms. The van der Waals surface area contributed by atoms with E-state index in [-0.39, 0.29) is 11.7 Å². The topological polar surface area (TPSA) is 44.8 Å². The molecular formula is C19H15ClF2N4S. The third kappa shape index (κ3) is 3.57. The van der Waals surface area contributed by atoms with Crippen LogP contribution in [0.4, 0.5) is 8.78 Å². The fourth-order valence-electron chi connectivity index (χ4n) is 3.05. The number of likely N-dealkylation sites (N-methyl/N-ethyl adjacent to an activating group) is 1. The number of fused-ring (bicyclic) bond motifs is 1. The Morgan fingerprint density at radius 2 is 2.11 bits per heavy atom. The normalized spacial score (nSPS) is 18.9. The molecule has 1 aliphatic heterocycles. The largest absolute Gasteiger partial charge is 0.363 e. The number of nitrogens with zero attached hydrogens (tertiary/aromatic N) is 3. The molecule has 1 N–H and O–H groups in total. The monoisotopic (exact) mass is 404 g/mol. The van der Waals surface area contributed by atoms with Gasteiger partial charge in [0.1, 0.15) is 5.03 Å². The maximum atomic E-state index is 13.1. The molecule has 2 aromatic heterocycles. The zero-order valence-electron chi connectivity index (χ0n) is 14.2. The minimum atomic E-state index is -2.49. The van der Waals surface area contributed by atoms with Crippen LogP contribution >= 0.6 is 23.4 Å². The van der Waals surface area contributed by atoms with Gasteiger partial charge in [0.25, 0.3) is 6.43 Å². The van der Waals surface area contributed by atoms with Crippen LogP contribution in [0.3, 0.4) is 0 Å². The van der Waals surface area contributed by atoms with Gasteiger partial charge in [-0.05, 0) is 29.9 Å². The second-order valence-electron chi connectivity index (χ2n) is 6.10. The van der Waals surface area contributed by atoms with Gasteiger partial charge in [-0.1, -0.05) is 41.6 Å². The number of hydrogen-bond donors (Lipinski definition) is 1. The van der Waals surface area contributed by atoms with Crippen molar-refractivity contribution in [2.24, 2.45) is 0 Å². The zero-order chi connectivity index (χ0) is 19.0. The van der Waals surface area contributed by atoms with Crippen molar-refractivity contribution in [3.63, 3.8) is 0 Å². The van der Waals surface area contributed by atoms with Gasteiger partial charge in [0.05, 0.1) is 33.5 Å². The van der Waals surface area contributed by atoms with Crippen LogP contribution in [0.2, 0.25) is 5.02 Å². The van der Waals surface area contributed by atoms with Crippen molar-refractivity contribution in [1.29, 1.82) is 0 Å². The van der Waals surface area contributed by atoms with Crippen molar-refractivity contribution in [3.05, 3.63) is 76.9 Å². The number of pyridine rings is 1. The fraction of sp³-hybridized carbons (Fsp3) is 0.158. The van der Waals surface area contributed by atoms with Gasteiger partial charge in [0, 0.05) is 18.8 Å². The summed E-state index contributed by atoms with van der Waals surface area (Å²) in [5.41, 5.74) is 2.78. The number of H-pyrrole nitrogens is 1. The molecule has 0 spiro atoms. The molecule has 1 atom stereocenters. The number of halogens is 3.